The van der Waals surface area contributed by atoms with E-state index in [0.717, 1.165) is 12.3 Å². The molecule has 13 heavy (non-hydrogen) atoms. The van der Waals surface area contributed by atoms with E-state index in [4.69, 9.17) is 4.74 Å². The van der Waals surface area contributed by atoms with Crippen LogP contribution in [0.4, 0.5) is 0 Å². The highest BCUT2D eigenvalue weighted by Crippen LogP contribution is 2.14. The van der Waals surface area contributed by atoms with Crippen molar-refractivity contribution >= 4 is 5.97 Å². The summed E-state index contributed by atoms with van der Waals surface area (Å²) in [5.41, 5.74) is 0. The largest absolute Gasteiger partial charge is 0.466 e. The van der Waals surface area contributed by atoms with E-state index in [1.807, 2.05) is 6.92 Å². The van der Waals surface area contributed by atoms with Crippen molar-refractivity contribution in [1.29, 1.82) is 0 Å². The highest BCUT2D eigenvalue weighted by Gasteiger charge is 2.06. The van der Waals surface area contributed by atoms with Crippen molar-refractivity contribution in [2.24, 2.45) is 5.92 Å². The Morgan fingerprint density at radius 3 is 2.38 bits per heavy atom. The summed E-state index contributed by atoms with van der Waals surface area (Å²) in [5, 5.41) is 0. The Morgan fingerprint density at radius 2 is 1.92 bits per heavy atom. The van der Waals surface area contributed by atoms with Gasteiger partial charge in [-0.25, -0.2) is 0 Å². The van der Waals surface area contributed by atoms with Crippen LogP contribution in [0.2, 0.25) is 0 Å². The average Bonchev–Trinajstić information content (AvgIpc) is 2.16. The van der Waals surface area contributed by atoms with Crippen LogP contribution in [0.3, 0.4) is 0 Å². The molecular weight excluding hydrogens is 164 g/mol. The van der Waals surface area contributed by atoms with Crippen molar-refractivity contribution in [3.63, 3.8) is 0 Å². The van der Waals surface area contributed by atoms with Crippen molar-refractivity contribution in [2.75, 3.05) is 6.61 Å². The predicted octanol–water partition coefficient (Wildman–Crippen LogP) is 3.16. The Balaban J connectivity index is 3.42. The maximum absolute atomic E-state index is 10.8. The molecule has 0 N–H and O–H groups in total. The normalized spacial score (nSPS) is 12.5. The summed E-state index contributed by atoms with van der Waals surface area (Å²) in [6.07, 6.45) is 5.18. The third-order valence-corrected chi connectivity index (χ3v) is 2.35. The quantitative estimate of drug-likeness (QED) is 0.571. The van der Waals surface area contributed by atoms with Crippen LogP contribution >= 0.6 is 0 Å². The predicted molar refractivity (Wildman–Crippen MR) is 54.6 cm³/mol. The van der Waals surface area contributed by atoms with E-state index in [1.54, 1.807) is 0 Å². The molecule has 0 rings (SSSR count). The molecule has 0 amide bonds. The second kappa shape index (κ2) is 8.09. The molecule has 0 aromatic carbocycles. The van der Waals surface area contributed by atoms with Gasteiger partial charge in [0.25, 0.3) is 0 Å². The molecule has 0 aromatic rings. The Hall–Kier alpha value is -0.530. The molecule has 0 radical (unpaired) electrons. The molecule has 2 heteroatoms. The summed E-state index contributed by atoms with van der Waals surface area (Å²) in [6, 6.07) is 0. The summed E-state index contributed by atoms with van der Waals surface area (Å²) < 4.78 is 5.03. The molecule has 1 atom stereocenters. The highest BCUT2D eigenvalue weighted by molar-refractivity contribution is 5.68. The Labute approximate surface area is 81.7 Å². The van der Waals surface area contributed by atoms with Gasteiger partial charge in [0.1, 0.15) is 0 Å². The minimum atomic E-state index is -0.0775. The first kappa shape index (κ1) is 12.5. The minimum Gasteiger partial charge on any atom is -0.466 e. The summed E-state index contributed by atoms with van der Waals surface area (Å²) in [6.45, 7) is 6.82. The molecule has 2 nitrogen and oxygen atoms in total. The number of carbonyl (C=O) groups excluding carboxylic acids is 1. The Bertz CT molecular complexity index is 132. The minimum absolute atomic E-state index is 0.0775. The number of esters is 1. The van der Waals surface area contributed by atoms with Crippen LogP contribution in [0.1, 0.15) is 52.9 Å². The van der Waals surface area contributed by atoms with Crippen LogP contribution < -0.4 is 0 Å². The Morgan fingerprint density at radius 1 is 1.23 bits per heavy atom. The fourth-order valence-electron chi connectivity index (χ4n) is 1.40. The van der Waals surface area contributed by atoms with Crippen molar-refractivity contribution in [2.45, 2.75) is 52.9 Å². The number of hydrogen-bond donors (Lipinski definition) is 0. The van der Waals surface area contributed by atoms with Crippen molar-refractivity contribution in [3.8, 4) is 0 Å². The van der Waals surface area contributed by atoms with Gasteiger partial charge in [-0.15, -0.1) is 0 Å². The number of hydrogen-bond acceptors (Lipinski definition) is 2. The lowest BCUT2D eigenvalue weighted by Gasteiger charge is -2.13. The van der Waals surface area contributed by atoms with E-state index in [0.29, 0.717) is 13.0 Å². The standard InChI is InChI=1S/C11H22O2/c1-4-7-10(5-2)8-9-13-11(12)6-3/h10H,4-9H2,1-3H3. The van der Waals surface area contributed by atoms with E-state index in [9.17, 15) is 4.79 Å². The second-order valence-corrected chi connectivity index (χ2v) is 3.43. The van der Waals surface area contributed by atoms with E-state index in [2.05, 4.69) is 13.8 Å². The van der Waals surface area contributed by atoms with Gasteiger partial charge in [-0.3, -0.25) is 4.79 Å². The molecular formula is C11H22O2. The van der Waals surface area contributed by atoms with E-state index in [1.165, 1.54) is 19.3 Å². The summed E-state index contributed by atoms with van der Waals surface area (Å²) in [4.78, 5) is 10.8. The zero-order chi connectivity index (χ0) is 10.1. The van der Waals surface area contributed by atoms with Crippen LogP contribution in [-0.2, 0) is 9.53 Å². The second-order valence-electron chi connectivity index (χ2n) is 3.43. The monoisotopic (exact) mass is 186 g/mol. The Kier molecular flexibility index (Phi) is 7.76. The maximum Gasteiger partial charge on any atom is 0.305 e. The molecule has 0 aliphatic rings. The van der Waals surface area contributed by atoms with Gasteiger partial charge in [0, 0.05) is 6.42 Å². The van der Waals surface area contributed by atoms with Gasteiger partial charge in [0.15, 0.2) is 0 Å². The van der Waals surface area contributed by atoms with Gasteiger partial charge in [0.2, 0.25) is 0 Å². The fraction of sp³-hybridized carbons (Fsp3) is 0.909. The molecule has 0 aliphatic carbocycles. The van der Waals surface area contributed by atoms with Crippen LogP contribution in [0.15, 0.2) is 0 Å². The first-order valence-corrected chi connectivity index (χ1v) is 5.40. The number of carbonyl (C=O) groups is 1. The lowest BCUT2D eigenvalue weighted by Crippen LogP contribution is -2.08. The number of rotatable bonds is 7. The van der Waals surface area contributed by atoms with E-state index in [-0.39, 0.29) is 5.97 Å². The van der Waals surface area contributed by atoms with Crippen LogP contribution in [0, 0.1) is 5.92 Å². The van der Waals surface area contributed by atoms with Crippen LogP contribution in [0.5, 0.6) is 0 Å². The lowest BCUT2D eigenvalue weighted by molar-refractivity contribution is -0.143. The molecule has 78 valence electrons. The lowest BCUT2D eigenvalue weighted by atomic mass is 9.98. The molecule has 0 bridgehead atoms. The summed E-state index contributed by atoms with van der Waals surface area (Å²) >= 11 is 0. The van der Waals surface area contributed by atoms with Gasteiger partial charge in [-0.2, -0.15) is 0 Å². The van der Waals surface area contributed by atoms with Crippen molar-refractivity contribution < 1.29 is 9.53 Å². The van der Waals surface area contributed by atoms with E-state index >= 15 is 0 Å². The van der Waals surface area contributed by atoms with Crippen molar-refractivity contribution in [1.82, 2.24) is 0 Å². The highest BCUT2D eigenvalue weighted by atomic mass is 16.5. The van der Waals surface area contributed by atoms with E-state index < -0.39 is 0 Å². The molecule has 1 unspecified atom stereocenters. The first-order valence-electron chi connectivity index (χ1n) is 5.40. The summed E-state index contributed by atoms with van der Waals surface area (Å²) in [7, 11) is 0. The van der Waals surface area contributed by atoms with Gasteiger partial charge in [0.05, 0.1) is 6.61 Å². The molecule has 0 saturated heterocycles. The van der Waals surface area contributed by atoms with Gasteiger partial charge in [-0.05, 0) is 12.3 Å². The van der Waals surface area contributed by atoms with Crippen LogP contribution in [0.25, 0.3) is 0 Å². The third kappa shape index (κ3) is 6.62. The molecule has 0 heterocycles. The SMILES string of the molecule is CCCC(CC)CCOC(=O)CC. The zero-order valence-electron chi connectivity index (χ0n) is 9.14. The molecule has 0 saturated carbocycles. The zero-order valence-corrected chi connectivity index (χ0v) is 9.14. The average molecular weight is 186 g/mol. The van der Waals surface area contributed by atoms with Gasteiger partial charge >= 0.3 is 5.97 Å². The van der Waals surface area contributed by atoms with Crippen LogP contribution in [-0.4, -0.2) is 12.6 Å². The topological polar surface area (TPSA) is 26.3 Å². The first-order chi connectivity index (χ1) is 6.24. The van der Waals surface area contributed by atoms with Crippen molar-refractivity contribution in [3.05, 3.63) is 0 Å². The molecule has 0 spiro atoms. The third-order valence-electron chi connectivity index (χ3n) is 2.35. The maximum atomic E-state index is 10.8. The number of ether oxygens (including phenoxy) is 1. The van der Waals surface area contributed by atoms with Gasteiger partial charge < -0.3 is 4.74 Å². The molecule has 0 aliphatic heterocycles. The molecule has 0 aromatic heterocycles. The molecule has 0 fully saturated rings. The smallest absolute Gasteiger partial charge is 0.305 e. The fourth-order valence-corrected chi connectivity index (χ4v) is 1.40. The summed E-state index contributed by atoms with van der Waals surface area (Å²) in [5.74, 6) is 0.654. The van der Waals surface area contributed by atoms with Gasteiger partial charge in [-0.1, -0.05) is 40.0 Å².